The van der Waals surface area contributed by atoms with Crippen LogP contribution >= 0.6 is 11.3 Å². The molecular weight excluding hydrogens is 412 g/mol. The number of carbonyl (C=O) groups excluding carboxylic acids is 2. The van der Waals surface area contributed by atoms with Crippen LogP contribution in [0.3, 0.4) is 0 Å². The zero-order valence-electron chi connectivity index (χ0n) is 18.2. The van der Waals surface area contributed by atoms with E-state index in [1.54, 1.807) is 39.2 Å². The number of amides is 2. The van der Waals surface area contributed by atoms with Gasteiger partial charge in [-0.15, -0.1) is 11.3 Å². The minimum Gasteiger partial charge on any atom is -0.496 e. The number of alkyl carbamates (subject to hydrolysis) is 1. The highest BCUT2D eigenvalue weighted by atomic mass is 32.1. The Hall–Kier alpha value is -3.06. The van der Waals surface area contributed by atoms with Crippen LogP contribution in [0.1, 0.15) is 31.9 Å². The fourth-order valence-electron chi connectivity index (χ4n) is 3.22. The first-order valence-corrected chi connectivity index (χ1v) is 11.0. The number of methoxy groups -OCH3 is 1. The molecule has 1 heterocycles. The largest absolute Gasteiger partial charge is 0.496 e. The van der Waals surface area contributed by atoms with Crippen LogP contribution in [-0.2, 0) is 22.5 Å². The summed E-state index contributed by atoms with van der Waals surface area (Å²) in [4.78, 5) is 25.5. The summed E-state index contributed by atoms with van der Waals surface area (Å²) in [7, 11) is 1.59. The Morgan fingerprint density at radius 3 is 2.48 bits per heavy atom. The normalized spacial score (nSPS) is 12.3. The molecule has 6 nitrogen and oxygen atoms in total. The Morgan fingerprint density at radius 2 is 1.74 bits per heavy atom. The molecule has 2 N–H and O–H groups in total. The number of carbonyl (C=O) groups is 2. The van der Waals surface area contributed by atoms with Crippen molar-refractivity contribution in [1.29, 1.82) is 0 Å². The average molecular weight is 441 g/mol. The third-order valence-corrected chi connectivity index (χ3v) is 5.65. The van der Waals surface area contributed by atoms with E-state index in [2.05, 4.69) is 10.6 Å². The molecule has 0 aliphatic rings. The van der Waals surface area contributed by atoms with Gasteiger partial charge in [0.1, 0.15) is 17.4 Å². The number of benzene rings is 2. The predicted molar refractivity (Wildman–Crippen MR) is 124 cm³/mol. The highest BCUT2D eigenvalue weighted by Crippen LogP contribution is 2.27. The molecule has 0 aliphatic carbocycles. The number of fused-ring (bicyclic) bond motifs is 1. The van der Waals surface area contributed by atoms with Crippen LogP contribution in [0.25, 0.3) is 10.1 Å². The van der Waals surface area contributed by atoms with Gasteiger partial charge in [-0.3, -0.25) is 4.79 Å². The fraction of sp³-hybridized carbons (Fsp3) is 0.333. The minimum absolute atomic E-state index is 0.285. The maximum Gasteiger partial charge on any atom is 0.408 e. The lowest BCUT2D eigenvalue weighted by Gasteiger charge is -2.23. The Bertz CT molecular complexity index is 1050. The van der Waals surface area contributed by atoms with E-state index < -0.39 is 17.7 Å². The number of ether oxygens (including phenoxy) is 2. The summed E-state index contributed by atoms with van der Waals surface area (Å²) in [6.45, 7) is 5.65. The van der Waals surface area contributed by atoms with Crippen molar-refractivity contribution < 1.29 is 19.1 Å². The summed E-state index contributed by atoms with van der Waals surface area (Å²) in [5.74, 6) is 0.412. The lowest BCUT2D eigenvalue weighted by Crippen LogP contribution is -2.49. The van der Waals surface area contributed by atoms with Crippen molar-refractivity contribution in [2.75, 3.05) is 7.11 Å². The average Bonchev–Trinajstić information content (AvgIpc) is 3.13. The molecule has 0 saturated carbocycles. The van der Waals surface area contributed by atoms with Crippen LogP contribution in [0.5, 0.6) is 5.75 Å². The molecule has 2 aromatic carbocycles. The van der Waals surface area contributed by atoms with Gasteiger partial charge >= 0.3 is 6.09 Å². The first-order valence-electron chi connectivity index (χ1n) is 10.1. The summed E-state index contributed by atoms with van der Waals surface area (Å²) in [6, 6.07) is 14.7. The van der Waals surface area contributed by atoms with Gasteiger partial charge in [-0.05, 0) is 49.2 Å². The number of thiophene rings is 1. The third kappa shape index (κ3) is 6.21. The van der Waals surface area contributed by atoms with Crippen molar-refractivity contribution >= 4 is 33.4 Å². The summed E-state index contributed by atoms with van der Waals surface area (Å²) in [6.07, 6.45) is -0.259. The number of para-hydroxylation sites is 1. The van der Waals surface area contributed by atoms with Gasteiger partial charge in [-0.25, -0.2) is 4.79 Å². The summed E-state index contributed by atoms with van der Waals surface area (Å²) in [5.41, 5.74) is 1.21. The number of hydrogen-bond acceptors (Lipinski definition) is 5. The minimum atomic E-state index is -0.775. The van der Waals surface area contributed by atoms with E-state index in [-0.39, 0.29) is 5.91 Å². The van der Waals surface area contributed by atoms with E-state index in [4.69, 9.17) is 9.47 Å². The fourth-order valence-corrected chi connectivity index (χ4v) is 4.20. The number of nitrogens with one attached hydrogen (secondary N) is 2. The molecule has 2 amide bonds. The molecule has 164 valence electrons. The van der Waals surface area contributed by atoms with Gasteiger partial charge in [-0.1, -0.05) is 36.4 Å². The second-order valence-electron chi connectivity index (χ2n) is 8.19. The molecule has 1 atom stereocenters. The second-order valence-corrected chi connectivity index (χ2v) is 9.10. The maximum atomic E-state index is 13.1. The smallest absolute Gasteiger partial charge is 0.408 e. The lowest BCUT2D eigenvalue weighted by atomic mass is 10.0. The van der Waals surface area contributed by atoms with Gasteiger partial charge in [0, 0.05) is 23.2 Å². The highest BCUT2D eigenvalue weighted by Gasteiger charge is 2.25. The predicted octanol–water partition coefficient (Wildman–Crippen LogP) is 4.66. The van der Waals surface area contributed by atoms with Crippen molar-refractivity contribution in [2.45, 2.75) is 45.4 Å². The van der Waals surface area contributed by atoms with Crippen molar-refractivity contribution in [3.63, 3.8) is 0 Å². The van der Waals surface area contributed by atoms with E-state index in [1.807, 2.05) is 53.9 Å². The molecule has 0 saturated heterocycles. The van der Waals surface area contributed by atoms with Gasteiger partial charge in [0.05, 0.1) is 7.11 Å². The van der Waals surface area contributed by atoms with E-state index in [9.17, 15) is 9.59 Å². The van der Waals surface area contributed by atoms with Crippen LogP contribution in [0, 0.1) is 0 Å². The van der Waals surface area contributed by atoms with E-state index >= 15 is 0 Å². The van der Waals surface area contributed by atoms with Crippen LogP contribution in [0.2, 0.25) is 0 Å². The molecular formula is C24H28N2O4S. The van der Waals surface area contributed by atoms with E-state index in [1.165, 1.54) is 0 Å². The maximum absolute atomic E-state index is 13.1. The van der Waals surface area contributed by atoms with E-state index in [0.29, 0.717) is 18.7 Å². The van der Waals surface area contributed by atoms with Gasteiger partial charge in [0.25, 0.3) is 0 Å². The molecule has 0 radical (unpaired) electrons. The third-order valence-electron chi connectivity index (χ3n) is 4.64. The summed E-state index contributed by atoms with van der Waals surface area (Å²) < 4.78 is 11.9. The van der Waals surface area contributed by atoms with Crippen molar-refractivity contribution in [3.05, 3.63) is 65.0 Å². The quantitative estimate of drug-likeness (QED) is 0.560. The molecule has 31 heavy (non-hydrogen) atoms. The first-order chi connectivity index (χ1) is 14.8. The van der Waals surface area contributed by atoms with Gasteiger partial charge < -0.3 is 20.1 Å². The number of rotatable bonds is 7. The summed E-state index contributed by atoms with van der Waals surface area (Å²) in [5, 5.41) is 8.77. The van der Waals surface area contributed by atoms with Gasteiger partial charge in [-0.2, -0.15) is 0 Å². The molecule has 3 rings (SSSR count). The lowest BCUT2D eigenvalue weighted by molar-refractivity contribution is -0.123. The first kappa shape index (κ1) is 22.6. The SMILES string of the molecule is COc1ccccc1CNC(=O)C(Cc1csc2ccccc12)NC(=O)OC(C)(C)C. The van der Waals surface area contributed by atoms with Crippen LogP contribution in [-0.4, -0.2) is 30.8 Å². The van der Waals surface area contributed by atoms with Gasteiger partial charge in [0.15, 0.2) is 0 Å². The Balaban J connectivity index is 1.77. The molecule has 1 aromatic heterocycles. The van der Waals surface area contributed by atoms with E-state index in [0.717, 1.165) is 21.2 Å². The summed E-state index contributed by atoms with van der Waals surface area (Å²) >= 11 is 1.62. The number of hydrogen-bond donors (Lipinski definition) is 2. The standard InChI is InChI=1S/C24H28N2O4S/c1-24(2,3)30-23(28)26-19(13-17-15-31-21-12-8-6-10-18(17)21)22(27)25-14-16-9-5-7-11-20(16)29-4/h5-12,15,19H,13-14H2,1-4H3,(H,25,27)(H,26,28). The highest BCUT2D eigenvalue weighted by molar-refractivity contribution is 7.17. The molecule has 1 unspecified atom stereocenters. The molecule has 0 fully saturated rings. The second kappa shape index (κ2) is 9.83. The van der Waals surface area contributed by atoms with Crippen LogP contribution in [0.4, 0.5) is 4.79 Å². The molecule has 0 spiro atoms. The van der Waals surface area contributed by atoms with Crippen LogP contribution < -0.4 is 15.4 Å². The molecule has 0 bridgehead atoms. The zero-order valence-corrected chi connectivity index (χ0v) is 19.0. The van der Waals surface area contributed by atoms with Crippen molar-refractivity contribution in [1.82, 2.24) is 10.6 Å². The monoisotopic (exact) mass is 440 g/mol. The Labute approximate surface area is 186 Å². The van der Waals surface area contributed by atoms with Gasteiger partial charge in [0.2, 0.25) is 5.91 Å². The van der Waals surface area contributed by atoms with Crippen LogP contribution in [0.15, 0.2) is 53.9 Å². The molecule has 0 aliphatic heterocycles. The molecule has 7 heteroatoms. The molecule has 3 aromatic rings. The zero-order chi connectivity index (χ0) is 22.4. The Kier molecular flexibility index (Phi) is 7.17. The topological polar surface area (TPSA) is 76.7 Å². The van der Waals surface area contributed by atoms with Crippen molar-refractivity contribution in [3.8, 4) is 5.75 Å². The van der Waals surface area contributed by atoms with Crippen molar-refractivity contribution in [2.24, 2.45) is 0 Å². The Morgan fingerprint density at radius 1 is 1.03 bits per heavy atom.